The van der Waals surface area contributed by atoms with E-state index in [2.05, 4.69) is 71.7 Å². The second kappa shape index (κ2) is 6.67. The first-order valence-electron chi connectivity index (χ1n) is 7.69. The highest BCUT2D eigenvalue weighted by Gasteiger charge is 2.13. The van der Waals surface area contributed by atoms with E-state index in [-0.39, 0.29) is 6.10 Å². The molecule has 0 spiro atoms. The van der Waals surface area contributed by atoms with Crippen molar-refractivity contribution < 1.29 is 4.74 Å². The van der Waals surface area contributed by atoms with Crippen molar-refractivity contribution in [2.75, 3.05) is 13.6 Å². The molecule has 3 rings (SSSR count). The number of aryl methyl sites for hydroxylation is 1. The average Bonchev–Trinajstić information content (AvgIpc) is 2.93. The van der Waals surface area contributed by atoms with E-state index < -0.39 is 0 Å². The van der Waals surface area contributed by atoms with Gasteiger partial charge in [0.2, 0.25) is 0 Å². The third-order valence-electron chi connectivity index (χ3n) is 3.96. The van der Waals surface area contributed by atoms with Crippen LogP contribution in [0.25, 0.3) is 10.9 Å². The Balaban J connectivity index is 1.84. The molecular weight excluding hydrogens is 272 g/mol. The Morgan fingerprint density at radius 3 is 2.68 bits per heavy atom. The molecule has 1 atom stereocenters. The zero-order valence-corrected chi connectivity index (χ0v) is 13.1. The maximum Gasteiger partial charge on any atom is 0.125 e. The van der Waals surface area contributed by atoms with Crippen LogP contribution in [0.3, 0.4) is 0 Å². The quantitative estimate of drug-likeness (QED) is 0.746. The number of rotatable bonds is 6. The lowest BCUT2D eigenvalue weighted by Crippen LogP contribution is -2.16. The SMILES string of the molecule is CNCCC(Oc1ccc2c(ccn2C)c1)c1ccccc1. The average molecular weight is 294 g/mol. The van der Waals surface area contributed by atoms with Gasteiger partial charge in [-0.1, -0.05) is 30.3 Å². The number of aromatic nitrogens is 1. The Labute approximate surface area is 131 Å². The number of benzene rings is 2. The van der Waals surface area contributed by atoms with Crippen LogP contribution < -0.4 is 10.1 Å². The molecule has 114 valence electrons. The van der Waals surface area contributed by atoms with Crippen LogP contribution in [0.2, 0.25) is 0 Å². The minimum absolute atomic E-state index is 0.0646. The summed E-state index contributed by atoms with van der Waals surface area (Å²) < 4.78 is 8.39. The van der Waals surface area contributed by atoms with Gasteiger partial charge in [0, 0.05) is 30.6 Å². The van der Waals surface area contributed by atoms with E-state index in [9.17, 15) is 0 Å². The van der Waals surface area contributed by atoms with Gasteiger partial charge in [0.05, 0.1) is 0 Å². The van der Waals surface area contributed by atoms with Gasteiger partial charge < -0.3 is 14.6 Å². The number of nitrogens with zero attached hydrogens (tertiary/aromatic N) is 1. The highest BCUT2D eigenvalue weighted by molar-refractivity contribution is 5.81. The molecule has 0 radical (unpaired) electrons. The molecule has 0 aliphatic rings. The molecule has 1 aromatic heterocycles. The highest BCUT2D eigenvalue weighted by Crippen LogP contribution is 2.27. The molecule has 22 heavy (non-hydrogen) atoms. The number of hydrogen-bond acceptors (Lipinski definition) is 2. The molecule has 0 aliphatic heterocycles. The van der Waals surface area contributed by atoms with Crippen molar-refractivity contribution >= 4 is 10.9 Å². The molecule has 0 aliphatic carbocycles. The Morgan fingerprint density at radius 1 is 1.09 bits per heavy atom. The zero-order chi connectivity index (χ0) is 15.4. The van der Waals surface area contributed by atoms with Gasteiger partial charge in [0.25, 0.3) is 0 Å². The Bertz CT molecular complexity index is 734. The largest absolute Gasteiger partial charge is 0.486 e. The number of nitrogens with one attached hydrogen (secondary N) is 1. The van der Waals surface area contributed by atoms with Gasteiger partial charge in [-0.25, -0.2) is 0 Å². The fourth-order valence-electron chi connectivity index (χ4n) is 2.73. The summed E-state index contributed by atoms with van der Waals surface area (Å²) in [5.74, 6) is 0.920. The third kappa shape index (κ3) is 3.15. The summed E-state index contributed by atoms with van der Waals surface area (Å²) in [4.78, 5) is 0. The molecule has 3 heteroatoms. The van der Waals surface area contributed by atoms with Crippen LogP contribution in [0.4, 0.5) is 0 Å². The number of hydrogen-bond donors (Lipinski definition) is 1. The molecule has 1 heterocycles. The van der Waals surface area contributed by atoms with E-state index in [0.29, 0.717) is 0 Å². The smallest absolute Gasteiger partial charge is 0.125 e. The van der Waals surface area contributed by atoms with Gasteiger partial charge in [-0.2, -0.15) is 0 Å². The van der Waals surface area contributed by atoms with Gasteiger partial charge in [0.15, 0.2) is 0 Å². The highest BCUT2D eigenvalue weighted by atomic mass is 16.5. The summed E-state index contributed by atoms with van der Waals surface area (Å²) in [5.41, 5.74) is 2.43. The predicted molar refractivity (Wildman–Crippen MR) is 91.3 cm³/mol. The molecule has 3 aromatic rings. The van der Waals surface area contributed by atoms with Crippen LogP contribution in [0.1, 0.15) is 18.1 Å². The second-order valence-corrected chi connectivity index (χ2v) is 5.56. The molecule has 0 amide bonds. The molecule has 1 unspecified atom stereocenters. The molecule has 0 fully saturated rings. The lowest BCUT2D eigenvalue weighted by Gasteiger charge is -2.20. The van der Waals surface area contributed by atoms with Crippen molar-refractivity contribution in [2.24, 2.45) is 7.05 Å². The lowest BCUT2D eigenvalue weighted by molar-refractivity contribution is 0.195. The topological polar surface area (TPSA) is 26.2 Å². The van der Waals surface area contributed by atoms with Crippen LogP contribution in [0.5, 0.6) is 5.75 Å². The molecular formula is C19H22N2O. The van der Waals surface area contributed by atoms with Crippen LogP contribution in [0.15, 0.2) is 60.8 Å². The van der Waals surface area contributed by atoms with Crippen molar-refractivity contribution in [1.29, 1.82) is 0 Å². The van der Waals surface area contributed by atoms with Crippen LogP contribution in [0, 0.1) is 0 Å². The summed E-state index contributed by atoms with van der Waals surface area (Å²) >= 11 is 0. The van der Waals surface area contributed by atoms with Gasteiger partial charge in [-0.3, -0.25) is 0 Å². The van der Waals surface area contributed by atoms with Crippen molar-refractivity contribution in [1.82, 2.24) is 9.88 Å². The van der Waals surface area contributed by atoms with Crippen molar-refractivity contribution in [3.05, 3.63) is 66.4 Å². The summed E-state index contributed by atoms with van der Waals surface area (Å²) in [6.45, 7) is 0.924. The van der Waals surface area contributed by atoms with Crippen molar-refractivity contribution in [2.45, 2.75) is 12.5 Å². The maximum absolute atomic E-state index is 6.27. The summed E-state index contributed by atoms with van der Waals surface area (Å²) in [7, 11) is 4.03. The van der Waals surface area contributed by atoms with Gasteiger partial charge >= 0.3 is 0 Å². The molecule has 0 saturated heterocycles. The first-order valence-corrected chi connectivity index (χ1v) is 7.69. The van der Waals surface area contributed by atoms with E-state index in [0.717, 1.165) is 18.7 Å². The lowest BCUT2D eigenvalue weighted by atomic mass is 10.1. The van der Waals surface area contributed by atoms with E-state index in [4.69, 9.17) is 4.74 Å². The zero-order valence-electron chi connectivity index (χ0n) is 13.1. The van der Waals surface area contributed by atoms with Crippen LogP contribution in [-0.4, -0.2) is 18.2 Å². The summed E-state index contributed by atoms with van der Waals surface area (Å²) in [6.07, 6.45) is 3.08. The maximum atomic E-state index is 6.27. The predicted octanol–water partition coefficient (Wildman–Crippen LogP) is 3.91. The Kier molecular flexibility index (Phi) is 4.45. The standard InChI is InChI=1S/C19H22N2O/c1-20-12-10-19(15-6-4-3-5-7-15)22-17-8-9-18-16(14-17)11-13-21(18)2/h3-9,11,13-14,19-20H,10,12H2,1-2H3. The minimum Gasteiger partial charge on any atom is -0.486 e. The van der Waals surface area contributed by atoms with Gasteiger partial charge in [0.1, 0.15) is 11.9 Å². The molecule has 0 bridgehead atoms. The minimum atomic E-state index is 0.0646. The third-order valence-corrected chi connectivity index (χ3v) is 3.96. The van der Waals surface area contributed by atoms with E-state index in [1.165, 1.54) is 16.5 Å². The van der Waals surface area contributed by atoms with E-state index in [1.54, 1.807) is 0 Å². The van der Waals surface area contributed by atoms with E-state index >= 15 is 0 Å². The molecule has 0 saturated carbocycles. The fourth-order valence-corrected chi connectivity index (χ4v) is 2.73. The first kappa shape index (κ1) is 14.7. The summed E-state index contributed by atoms with van der Waals surface area (Å²) in [6, 6.07) is 18.8. The normalized spacial score (nSPS) is 12.5. The van der Waals surface area contributed by atoms with Crippen molar-refractivity contribution in [3.63, 3.8) is 0 Å². The Hall–Kier alpha value is -2.26. The van der Waals surface area contributed by atoms with Crippen molar-refractivity contribution in [3.8, 4) is 5.75 Å². The Morgan fingerprint density at radius 2 is 1.91 bits per heavy atom. The molecule has 2 aromatic carbocycles. The van der Waals surface area contributed by atoms with Gasteiger partial charge in [-0.15, -0.1) is 0 Å². The first-order chi connectivity index (χ1) is 10.8. The van der Waals surface area contributed by atoms with Crippen LogP contribution >= 0.6 is 0 Å². The molecule has 3 nitrogen and oxygen atoms in total. The van der Waals surface area contributed by atoms with E-state index in [1.807, 2.05) is 13.1 Å². The number of fused-ring (bicyclic) bond motifs is 1. The fraction of sp³-hybridized carbons (Fsp3) is 0.263. The molecule has 1 N–H and O–H groups in total. The number of ether oxygens (including phenoxy) is 1. The summed E-state index contributed by atoms with van der Waals surface area (Å²) in [5, 5.41) is 4.41. The second-order valence-electron chi connectivity index (χ2n) is 5.56. The van der Waals surface area contributed by atoms with Crippen LogP contribution in [-0.2, 0) is 7.05 Å². The van der Waals surface area contributed by atoms with Gasteiger partial charge in [-0.05, 0) is 43.4 Å². The monoisotopic (exact) mass is 294 g/mol.